The Balaban J connectivity index is 2.20. The zero-order valence-corrected chi connectivity index (χ0v) is 11.8. The molecule has 0 saturated carbocycles. The summed E-state index contributed by atoms with van der Waals surface area (Å²) in [4.78, 5) is 0.889. The normalized spacial score (nSPS) is 11.1. The summed E-state index contributed by atoms with van der Waals surface area (Å²) in [6, 6.07) is 5.44. The van der Waals surface area contributed by atoms with Crippen LogP contribution in [0.15, 0.2) is 32.9 Å². The first-order chi connectivity index (χ1) is 8.66. The Bertz CT molecular complexity index is 500. The Morgan fingerprint density at radius 1 is 1.44 bits per heavy atom. The number of nitrogens with one attached hydrogen (secondary N) is 1. The van der Waals surface area contributed by atoms with Gasteiger partial charge in [-0.15, -0.1) is 10.2 Å². The van der Waals surface area contributed by atoms with Crippen LogP contribution in [-0.4, -0.2) is 16.2 Å². The average Bonchev–Trinajstić information content (AvgIpc) is 2.81. The van der Waals surface area contributed by atoms with Crippen molar-refractivity contribution in [2.45, 2.75) is 35.7 Å². The molecule has 96 valence electrons. The standard InChI is InChI=1S/C12H14FN3S2/c1-8(2)14-6-9-10(13)4-3-5-11(9)18-12-16-15-7-17-12/h3-5,7-8,14H,6H2,1-2H3. The van der Waals surface area contributed by atoms with E-state index in [0.717, 1.165) is 9.24 Å². The molecule has 6 heteroatoms. The third-order valence-electron chi connectivity index (χ3n) is 2.30. The van der Waals surface area contributed by atoms with Crippen molar-refractivity contribution in [1.29, 1.82) is 0 Å². The summed E-state index contributed by atoms with van der Waals surface area (Å²) in [7, 11) is 0. The Morgan fingerprint density at radius 3 is 2.94 bits per heavy atom. The van der Waals surface area contributed by atoms with Crippen molar-refractivity contribution in [1.82, 2.24) is 15.5 Å². The molecule has 0 unspecified atom stereocenters. The lowest BCUT2D eigenvalue weighted by Gasteiger charge is -2.12. The van der Waals surface area contributed by atoms with Crippen molar-refractivity contribution >= 4 is 23.1 Å². The van der Waals surface area contributed by atoms with Gasteiger partial charge in [-0.2, -0.15) is 0 Å². The van der Waals surface area contributed by atoms with Crippen LogP contribution in [0.4, 0.5) is 4.39 Å². The van der Waals surface area contributed by atoms with E-state index in [4.69, 9.17) is 0 Å². The Kier molecular flexibility index (Phi) is 4.68. The van der Waals surface area contributed by atoms with Gasteiger partial charge < -0.3 is 5.32 Å². The van der Waals surface area contributed by atoms with E-state index >= 15 is 0 Å². The first kappa shape index (κ1) is 13.5. The number of nitrogens with zero attached hydrogens (tertiary/aromatic N) is 2. The van der Waals surface area contributed by atoms with Gasteiger partial charge >= 0.3 is 0 Å². The quantitative estimate of drug-likeness (QED) is 0.913. The number of hydrogen-bond acceptors (Lipinski definition) is 5. The van der Waals surface area contributed by atoms with Crippen LogP contribution in [0.5, 0.6) is 0 Å². The van der Waals surface area contributed by atoms with E-state index in [2.05, 4.69) is 15.5 Å². The predicted octanol–water partition coefficient (Wildman–Crippen LogP) is 3.33. The van der Waals surface area contributed by atoms with Crippen molar-refractivity contribution in [2.24, 2.45) is 0 Å². The molecule has 2 aromatic rings. The number of hydrogen-bond donors (Lipinski definition) is 1. The molecule has 0 atom stereocenters. The smallest absolute Gasteiger partial charge is 0.178 e. The van der Waals surface area contributed by atoms with Gasteiger partial charge in [0.25, 0.3) is 0 Å². The van der Waals surface area contributed by atoms with Crippen LogP contribution < -0.4 is 5.32 Å². The van der Waals surface area contributed by atoms with E-state index in [1.54, 1.807) is 11.6 Å². The lowest BCUT2D eigenvalue weighted by molar-refractivity contribution is 0.546. The van der Waals surface area contributed by atoms with Crippen LogP contribution in [0.3, 0.4) is 0 Å². The van der Waals surface area contributed by atoms with E-state index in [0.29, 0.717) is 18.2 Å². The maximum absolute atomic E-state index is 13.8. The van der Waals surface area contributed by atoms with Crippen molar-refractivity contribution in [3.8, 4) is 0 Å². The molecule has 0 aliphatic carbocycles. The van der Waals surface area contributed by atoms with Gasteiger partial charge in [0.15, 0.2) is 4.34 Å². The molecule has 1 N–H and O–H groups in total. The van der Waals surface area contributed by atoms with Crippen LogP contribution in [0, 0.1) is 5.82 Å². The monoisotopic (exact) mass is 283 g/mol. The predicted molar refractivity (Wildman–Crippen MR) is 72.4 cm³/mol. The average molecular weight is 283 g/mol. The summed E-state index contributed by atoms with van der Waals surface area (Å²) in [5.41, 5.74) is 2.36. The second-order valence-electron chi connectivity index (χ2n) is 4.06. The molecule has 2 rings (SSSR count). The van der Waals surface area contributed by atoms with E-state index in [9.17, 15) is 4.39 Å². The topological polar surface area (TPSA) is 37.8 Å². The van der Waals surface area contributed by atoms with E-state index < -0.39 is 0 Å². The van der Waals surface area contributed by atoms with Gasteiger partial charge in [0.1, 0.15) is 11.3 Å². The van der Waals surface area contributed by atoms with Crippen molar-refractivity contribution < 1.29 is 4.39 Å². The summed E-state index contributed by atoms with van der Waals surface area (Å²) >= 11 is 2.91. The van der Waals surface area contributed by atoms with Gasteiger partial charge in [-0.25, -0.2) is 4.39 Å². The summed E-state index contributed by atoms with van der Waals surface area (Å²) in [6.45, 7) is 4.60. The molecule has 0 aliphatic rings. The molecule has 0 saturated heterocycles. The minimum absolute atomic E-state index is 0.183. The fraction of sp³-hybridized carbons (Fsp3) is 0.333. The maximum Gasteiger partial charge on any atom is 0.178 e. The summed E-state index contributed by atoms with van der Waals surface area (Å²) < 4.78 is 14.7. The van der Waals surface area contributed by atoms with Crippen molar-refractivity contribution in [3.63, 3.8) is 0 Å². The molecule has 1 aromatic heterocycles. The molecule has 1 aromatic carbocycles. The second kappa shape index (κ2) is 6.26. The molecule has 0 spiro atoms. The highest BCUT2D eigenvalue weighted by molar-refractivity contribution is 8.01. The lowest BCUT2D eigenvalue weighted by Crippen LogP contribution is -2.22. The molecule has 0 bridgehead atoms. The largest absolute Gasteiger partial charge is 0.310 e. The minimum atomic E-state index is -0.183. The van der Waals surface area contributed by atoms with E-state index in [1.165, 1.54) is 29.2 Å². The zero-order valence-electron chi connectivity index (χ0n) is 10.2. The summed E-state index contributed by atoms with van der Waals surface area (Å²) in [5.74, 6) is -0.183. The lowest BCUT2D eigenvalue weighted by atomic mass is 10.2. The molecular weight excluding hydrogens is 269 g/mol. The number of halogens is 1. The highest BCUT2D eigenvalue weighted by Crippen LogP contribution is 2.32. The Morgan fingerprint density at radius 2 is 2.28 bits per heavy atom. The zero-order chi connectivity index (χ0) is 13.0. The van der Waals surface area contributed by atoms with Gasteiger partial charge in [0.2, 0.25) is 0 Å². The molecular formula is C12H14FN3S2. The molecule has 18 heavy (non-hydrogen) atoms. The van der Waals surface area contributed by atoms with E-state index in [-0.39, 0.29) is 5.82 Å². The molecule has 0 radical (unpaired) electrons. The third kappa shape index (κ3) is 3.51. The van der Waals surface area contributed by atoms with Gasteiger partial charge in [-0.3, -0.25) is 0 Å². The first-order valence-electron chi connectivity index (χ1n) is 5.61. The van der Waals surface area contributed by atoms with Crippen molar-refractivity contribution in [2.75, 3.05) is 0 Å². The van der Waals surface area contributed by atoms with Crippen LogP contribution in [0.25, 0.3) is 0 Å². The van der Waals surface area contributed by atoms with Gasteiger partial charge in [0, 0.05) is 23.0 Å². The van der Waals surface area contributed by atoms with Crippen LogP contribution in [-0.2, 0) is 6.54 Å². The highest BCUT2D eigenvalue weighted by atomic mass is 32.2. The maximum atomic E-state index is 13.8. The van der Waals surface area contributed by atoms with Gasteiger partial charge in [-0.05, 0) is 12.1 Å². The molecule has 0 aliphatic heterocycles. The SMILES string of the molecule is CC(C)NCc1c(F)cccc1Sc1nncs1. The van der Waals surface area contributed by atoms with Gasteiger partial charge in [0.05, 0.1) is 0 Å². The molecule has 0 amide bonds. The van der Waals surface area contributed by atoms with E-state index in [1.807, 2.05) is 19.9 Å². The van der Waals surface area contributed by atoms with Gasteiger partial charge in [-0.1, -0.05) is 43.0 Å². The third-order valence-corrected chi connectivity index (χ3v) is 4.18. The minimum Gasteiger partial charge on any atom is -0.310 e. The highest BCUT2D eigenvalue weighted by Gasteiger charge is 2.11. The number of benzene rings is 1. The van der Waals surface area contributed by atoms with Crippen LogP contribution in [0.2, 0.25) is 0 Å². The fourth-order valence-electron chi connectivity index (χ4n) is 1.41. The number of rotatable bonds is 5. The second-order valence-corrected chi connectivity index (χ2v) is 6.18. The summed E-state index contributed by atoms with van der Waals surface area (Å²) in [6.07, 6.45) is 0. The number of aromatic nitrogens is 2. The molecule has 3 nitrogen and oxygen atoms in total. The summed E-state index contributed by atoms with van der Waals surface area (Å²) in [5, 5.41) is 11.0. The fourth-order valence-corrected chi connectivity index (χ4v) is 3.00. The molecule has 1 heterocycles. The Hall–Kier alpha value is -0.980. The molecule has 0 fully saturated rings. The van der Waals surface area contributed by atoms with Crippen molar-refractivity contribution in [3.05, 3.63) is 35.1 Å². The first-order valence-corrected chi connectivity index (χ1v) is 7.31. The van der Waals surface area contributed by atoms with Crippen LogP contribution in [0.1, 0.15) is 19.4 Å². The Labute approximate surface area is 114 Å². The van der Waals surface area contributed by atoms with Crippen LogP contribution >= 0.6 is 23.1 Å².